The maximum atomic E-state index is 11.9. The summed E-state index contributed by atoms with van der Waals surface area (Å²) in [5.41, 5.74) is 1.10. The maximum absolute atomic E-state index is 11.9. The van der Waals surface area contributed by atoms with Crippen molar-refractivity contribution in [2.75, 3.05) is 10.6 Å². The molecular formula is C20H19N7O. The fraction of sp³-hybridized carbons (Fsp3) is 0.250. The molecule has 0 aliphatic heterocycles. The van der Waals surface area contributed by atoms with E-state index in [1.165, 1.54) is 18.5 Å². The molecule has 0 aromatic carbocycles. The number of rotatable bonds is 5. The van der Waals surface area contributed by atoms with E-state index in [9.17, 15) is 4.79 Å². The first-order valence-electron chi connectivity index (χ1n) is 9.10. The van der Waals surface area contributed by atoms with Crippen molar-refractivity contribution >= 4 is 11.8 Å². The average Bonchev–Trinajstić information content (AvgIpc) is 3.16. The van der Waals surface area contributed by atoms with Gasteiger partial charge in [0.25, 0.3) is 5.56 Å². The molecule has 0 spiro atoms. The third-order valence-corrected chi connectivity index (χ3v) is 4.75. The molecule has 1 saturated carbocycles. The largest absolute Gasteiger partial charge is 0.367 e. The smallest absolute Gasteiger partial charge is 0.255 e. The Balaban J connectivity index is 1.34. The lowest BCUT2D eigenvalue weighted by Crippen LogP contribution is -2.22. The van der Waals surface area contributed by atoms with Crippen molar-refractivity contribution in [1.82, 2.24) is 19.5 Å². The van der Waals surface area contributed by atoms with Crippen LogP contribution >= 0.6 is 0 Å². The summed E-state index contributed by atoms with van der Waals surface area (Å²) in [5, 5.41) is 15.6. The van der Waals surface area contributed by atoms with Crippen LogP contribution in [0.15, 0.2) is 59.9 Å². The predicted molar refractivity (Wildman–Crippen MR) is 105 cm³/mol. The number of aromatic nitrogens is 4. The summed E-state index contributed by atoms with van der Waals surface area (Å²) in [6.07, 6.45) is 9.38. The summed E-state index contributed by atoms with van der Waals surface area (Å²) in [6.45, 7) is 0. The second-order valence-electron chi connectivity index (χ2n) is 6.71. The highest BCUT2D eigenvalue weighted by Gasteiger charge is 2.25. The van der Waals surface area contributed by atoms with E-state index in [-0.39, 0.29) is 11.6 Å². The highest BCUT2D eigenvalue weighted by molar-refractivity contribution is 5.42. The summed E-state index contributed by atoms with van der Waals surface area (Å²) in [7, 11) is 0. The van der Waals surface area contributed by atoms with Crippen LogP contribution in [0.5, 0.6) is 0 Å². The van der Waals surface area contributed by atoms with Crippen molar-refractivity contribution < 1.29 is 0 Å². The first-order chi connectivity index (χ1) is 13.7. The van der Waals surface area contributed by atoms with Gasteiger partial charge in [-0.1, -0.05) is 6.07 Å². The monoisotopic (exact) mass is 373 g/mol. The lowest BCUT2D eigenvalue weighted by molar-refractivity contribution is 0.716. The Kier molecular flexibility index (Phi) is 4.97. The van der Waals surface area contributed by atoms with Gasteiger partial charge in [-0.15, -0.1) is 0 Å². The molecule has 0 amide bonds. The van der Waals surface area contributed by atoms with Crippen LogP contribution < -0.4 is 16.2 Å². The van der Waals surface area contributed by atoms with E-state index in [4.69, 9.17) is 5.26 Å². The number of nitriles is 1. The molecular weight excluding hydrogens is 354 g/mol. The summed E-state index contributed by atoms with van der Waals surface area (Å²) in [6, 6.07) is 11.4. The van der Waals surface area contributed by atoms with Crippen LogP contribution in [0.2, 0.25) is 0 Å². The minimum atomic E-state index is -0.0836. The van der Waals surface area contributed by atoms with Gasteiger partial charge in [0.2, 0.25) is 5.95 Å². The van der Waals surface area contributed by atoms with Gasteiger partial charge in [0.1, 0.15) is 11.9 Å². The first-order valence-corrected chi connectivity index (χ1v) is 9.10. The minimum absolute atomic E-state index is 0.0836. The maximum Gasteiger partial charge on any atom is 0.255 e. The molecule has 3 aromatic heterocycles. The van der Waals surface area contributed by atoms with Crippen molar-refractivity contribution in [2.24, 2.45) is 0 Å². The molecule has 4 rings (SSSR count). The van der Waals surface area contributed by atoms with Crippen LogP contribution in [0.3, 0.4) is 0 Å². The molecule has 3 heterocycles. The quantitative estimate of drug-likeness (QED) is 0.706. The molecule has 1 fully saturated rings. The highest BCUT2D eigenvalue weighted by atomic mass is 16.1. The first kappa shape index (κ1) is 17.7. The van der Waals surface area contributed by atoms with Gasteiger partial charge in [0.15, 0.2) is 0 Å². The summed E-state index contributed by atoms with van der Waals surface area (Å²) < 4.78 is 1.56. The van der Waals surface area contributed by atoms with Crippen molar-refractivity contribution in [2.45, 2.75) is 31.3 Å². The predicted octanol–water partition coefficient (Wildman–Crippen LogP) is 2.34. The molecule has 2 N–H and O–H groups in total. The summed E-state index contributed by atoms with van der Waals surface area (Å²) in [4.78, 5) is 24.7. The van der Waals surface area contributed by atoms with Crippen LogP contribution in [0, 0.1) is 11.3 Å². The highest BCUT2D eigenvalue weighted by Crippen LogP contribution is 2.24. The van der Waals surface area contributed by atoms with E-state index in [0.29, 0.717) is 17.6 Å². The Morgan fingerprint density at radius 1 is 1.00 bits per heavy atom. The van der Waals surface area contributed by atoms with Gasteiger partial charge in [-0.2, -0.15) is 5.26 Å². The second kappa shape index (κ2) is 7.88. The molecule has 3 aromatic rings. The van der Waals surface area contributed by atoms with E-state index in [2.05, 4.69) is 25.6 Å². The third-order valence-electron chi connectivity index (χ3n) is 4.75. The van der Waals surface area contributed by atoms with E-state index in [1.54, 1.807) is 23.0 Å². The van der Waals surface area contributed by atoms with Gasteiger partial charge >= 0.3 is 0 Å². The summed E-state index contributed by atoms with van der Waals surface area (Å²) in [5.74, 6) is 1.33. The number of hydrogen-bond acceptors (Lipinski definition) is 7. The summed E-state index contributed by atoms with van der Waals surface area (Å²) >= 11 is 0. The van der Waals surface area contributed by atoms with Crippen LogP contribution in [0.1, 0.15) is 24.8 Å². The fourth-order valence-electron chi connectivity index (χ4n) is 3.35. The molecule has 2 atom stereocenters. The molecule has 0 saturated heterocycles. The number of nitrogens with one attached hydrogen (secondary N) is 2. The number of hydrogen-bond donors (Lipinski definition) is 2. The number of pyridine rings is 2. The zero-order valence-electron chi connectivity index (χ0n) is 15.1. The van der Waals surface area contributed by atoms with Gasteiger partial charge in [-0.25, -0.2) is 15.0 Å². The Hall–Kier alpha value is -3.73. The Bertz CT molecular complexity index is 1040. The van der Waals surface area contributed by atoms with Crippen LogP contribution in [0.25, 0.3) is 5.69 Å². The van der Waals surface area contributed by atoms with E-state index < -0.39 is 0 Å². The number of anilines is 2. The zero-order valence-corrected chi connectivity index (χ0v) is 15.1. The standard InChI is InChI=1S/C20H19N7O/c21-10-14-11-23-20(24-12-14)26-16-5-4-15(9-16)25-18-7-6-17(13-22-18)27-8-2-1-3-19(27)28/h1-3,6-8,11-13,15-16H,4-5,9H2,(H,22,25)(H,23,24,26)/t15-,16-/m0/s1. The topological polar surface area (TPSA) is 109 Å². The van der Waals surface area contributed by atoms with Gasteiger partial charge in [0, 0.05) is 24.3 Å². The van der Waals surface area contributed by atoms with E-state index >= 15 is 0 Å². The Labute approximate surface area is 161 Å². The van der Waals surface area contributed by atoms with Crippen molar-refractivity contribution in [3.8, 4) is 11.8 Å². The lowest BCUT2D eigenvalue weighted by atomic mass is 10.2. The van der Waals surface area contributed by atoms with Crippen LogP contribution in [-0.2, 0) is 0 Å². The molecule has 28 heavy (non-hydrogen) atoms. The average molecular weight is 373 g/mol. The molecule has 8 nitrogen and oxygen atoms in total. The van der Waals surface area contributed by atoms with E-state index in [1.807, 2.05) is 24.3 Å². The molecule has 0 radical (unpaired) electrons. The molecule has 1 aliphatic carbocycles. The Morgan fingerprint density at radius 3 is 2.46 bits per heavy atom. The fourth-order valence-corrected chi connectivity index (χ4v) is 3.35. The van der Waals surface area contributed by atoms with E-state index in [0.717, 1.165) is 30.8 Å². The molecule has 0 unspecified atom stereocenters. The third kappa shape index (κ3) is 3.99. The number of nitrogens with zero attached hydrogens (tertiary/aromatic N) is 5. The molecule has 140 valence electrons. The minimum Gasteiger partial charge on any atom is -0.367 e. The molecule has 0 bridgehead atoms. The normalized spacial score (nSPS) is 18.4. The van der Waals surface area contributed by atoms with Crippen molar-refractivity contribution in [1.29, 1.82) is 5.26 Å². The van der Waals surface area contributed by atoms with Gasteiger partial charge in [-0.3, -0.25) is 9.36 Å². The van der Waals surface area contributed by atoms with Gasteiger partial charge in [0.05, 0.1) is 29.8 Å². The Morgan fingerprint density at radius 2 is 1.79 bits per heavy atom. The van der Waals surface area contributed by atoms with Crippen molar-refractivity contribution in [3.63, 3.8) is 0 Å². The van der Waals surface area contributed by atoms with Crippen LogP contribution in [-0.4, -0.2) is 31.6 Å². The van der Waals surface area contributed by atoms with Gasteiger partial charge in [-0.05, 0) is 37.5 Å². The second-order valence-corrected chi connectivity index (χ2v) is 6.71. The molecule has 8 heteroatoms. The van der Waals surface area contributed by atoms with Gasteiger partial charge < -0.3 is 10.6 Å². The van der Waals surface area contributed by atoms with Crippen molar-refractivity contribution in [3.05, 3.63) is 71.0 Å². The van der Waals surface area contributed by atoms with Crippen LogP contribution in [0.4, 0.5) is 11.8 Å². The zero-order chi connectivity index (χ0) is 19.3. The SMILES string of the molecule is N#Cc1cnc(N[C@H]2CC[C@H](Nc3ccc(-n4ccccc4=O)cn3)C2)nc1. The lowest BCUT2D eigenvalue weighted by Gasteiger charge is -2.15. The molecule has 1 aliphatic rings.